The molecule has 6 aliphatic heterocycles. The maximum Gasteiger partial charge on any atom is 0.508 e. The fourth-order valence-corrected chi connectivity index (χ4v) is 12.3. The van der Waals surface area contributed by atoms with E-state index in [-0.39, 0.29) is 112 Å². The number of alkyl carbamates (subject to hydrolysis) is 3. The van der Waals surface area contributed by atoms with Gasteiger partial charge in [-0.15, -0.1) is 0 Å². The molecule has 0 spiro atoms. The van der Waals surface area contributed by atoms with Crippen molar-refractivity contribution in [3.05, 3.63) is 106 Å². The van der Waals surface area contributed by atoms with Crippen LogP contribution < -0.4 is 82.7 Å². The minimum absolute atomic E-state index is 0. The van der Waals surface area contributed by atoms with Crippen molar-refractivity contribution in [3.8, 4) is 0 Å². The van der Waals surface area contributed by atoms with Gasteiger partial charge in [0.05, 0.1) is 75.8 Å². The summed E-state index contributed by atoms with van der Waals surface area (Å²) in [7, 11) is 4.49. The second-order valence-electron chi connectivity index (χ2n) is 27.2. The monoisotopic (exact) mass is 1860 g/mol. The molecule has 0 aliphatic carbocycles. The quantitative estimate of drug-likeness (QED) is 0.00463. The molecule has 15 atom stereocenters. The zero-order valence-electron chi connectivity index (χ0n) is 70.8. The molecule has 6 heterocycles. The topological polar surface area (TPSA) is 834 Å². The van der Waals surface area contributed by atoms with Crippen LogP contribution in [-0.4, -0.2) is 320 Å². The number of carbonyl (C=O) groups is 17. The number of hydrogen-bond acceptors (Lipinski definition) is 38. The van der Waals surface area contributed by atoms with Gasteiger partial charge in [-0.1, -0.05) is 19.6 Å². The van der Waals surface area contributed by atoms with Crippen LogP contribution in [0.3, 0.4) is 0 Å². The smallest absolute Gasteiger partial charge is 0.483 e. The molecule has 0 radical (unpaired) electrons. The maximum atomic E-state index is 13.2. The summed E-state index contributed by atoms with van der Waals surface area (Å²) in [4.78, 5) is 219. The molecule has 55 heteroatoms. The molecule has 3 saturated heterocycles. The minimum atomic E-state index is -1.50. The van der Waals surface area contributed by atoms with Gasteiger partial charge in [-0.3, -0.25) is 34.0 Å². The number of unbranched alkanes of at least 4 members (excludes halogenated alkanes) is 3. The van der Waals surface area contributed by atoms with Crippen LogP contribution >= 0.6 is 0 Å². The molecular weight excluding hydrogens is 1760 g/mol. The lowest BCUT2D eigenvalue weighted by atomic mass is 9.92. The Morgan fingerprint density at radius 1 is 0.443 bits per heavy atom. The van der Waals surface area contributed by atoms with Crippen molar-refractivity contribution in [2.75, 3.05) is 87.5 Å². The molecule has 3 fully saturated rings. The van der Waals surface area contributed by atoms with E-state index in [2.05, 4.69) is 62.4 Å². The molecule has 6 aliphatic rings. The van der Waals surface area contributed by atoms with Crippen LogP contribution in [0.2, 0.25) is 0 Å². The highest BCUT2D eigenvalue weighted by Crippen LogP contribution is 2.33. The van der Waals surface area contributed by atoms with Crippen molar-refractivity contribution in [2.24, 2.45) is 55.1 Å². The van der Waals surface area contributed by atoms with Crippen LogP contribution in [0.25, 0.3) is 0 Å². The molecule has 26 N–H and O–H groups in total. The summed E-state index contributed by atoms with van der Waals surface area (Å²) in [6, 6.07) is 4.51. The van der Waals surface area contributed by atoms with E-state index in [1.807, 2.05) is 0 Å². The van der Waals surface area contributed by atoms with Crippen LogP contribution in [0.4, 0.5) is 28.8 Å². The van der Waals surface area contributed by atoms with Crippen LogP contribution in [-0.2, 0) is 110 Å². The highest BCUT2D eigenvalue weighted by atomic mass is 17.1. The van der Waals surface area contributed by atoms with E-state index in [0.29, 0.717) is 45.1 Å². The summed E-state index contributed by atoms with van der Waals surface area (Å²) in [5.74, 6) is -9.84. The average molecular weight is 1870 g/mol. The van der Waals surface area contributed by atoms with Gasteiger partial charge in [0.15, 0.2) is 72.8 Å². The number of nitrogens with one attached hydrogen (secondary N) is 8. The molecule has 2 aromatic rings. The van der Waals surface area contributed by atoms with Gasteiger partial charge in [0.1, 0.15) is 19.8 Å². The van der Waals surface area contributed by atoms with Gasteiger partial charge in [-0.2, -0.15) is 0 Å². The normalized spacial score (nSPS) is 20.9. The third-order valence-electron chi connectivity index (χ3n) is 17.7. The van der Waals surface area contributed by atoms with Crippen LogP contribution in [0, 0.1) is 0 Å². The summed E-state index contributed by atoms with van der Waals surface area (Å²) in [5.41, 5.74) is 39.3. The third-order valence-corrected chi connectivity index (χ3v) is 17.7. The lowest BCUT2D eigenvalue weighted by Gasteiger charge is -2.39. The lowest BCUT2D eigenvalue weighted by Crippen LogP contribution is -2.61. The summed E-state index contributed by atoms with van der Waals surface area (Å²) in [6.07, 6.45) is -11.8. The minimum Gasteiger partial charge on any atom is -0.483 e. The van der Waals surface area contributed by atoms with E-state index in [1.54, 1.807) is 0 Å². The fraction of sp³-hybridized carbons (Fsp3) is 0.500. The maximum absolute atomic E-state index is 13.2. The number of methoxy groups -OCH3 is 3. The number of hydrogen-bond donors (Lipinski definition) is 19. The predicted molar refractivity (Wildman–Crippen MR) is 443 cm³/mol. The van der Waals surface area contributed by atoms with Crippen molar-refractivity contribution < 1.29 is 178 Å². The second kappa shape index (κ2) is 56.6. The van der Waals surface area contributed by atoms with Gasteiger partial charge < -0.3 is 169 Å². The molecule has 131 heavy (non-hydrogen) atoms. The Morgan fingerprint density at radius 3 is 0.924 bits per heavy atom. The van der Waals surface area contributed by atoms with Crippen molar-refractivity contribution in [2.45, 2.75) is 158 Å². The van der Waals surface area contributed by atoms with Gasteiger partial charge in [0.2, 0.25) is 35.0 Å². The molecule has 0 bridgehead atoms. The third kappa shape index (κ3) is 37.2. The number of nitrogens with zero attached hydrogens (tertiary/aromatic N) is 3. The van der Waals surface area contributed by atoms with Crippen molar-refractivity contribution in [1.82, 2.24) is 42.5 Å². The predicted octanol–water partition coefficient (Wildman–Crippen LogP) is -3.34. The molecule has 8 amide bonds. The van der Waals surface area contributed by atoms with E-state index < -0.39 is 199 Å². The van der Waals surface area contributed by atoms with E-state index >= 15 is 0 Å². The van der Waals surface area contributed by atoms with Crippen LogP contribution in [0.1, 0.15) is 108 Å². The molecule has 2 aromatic carbocycles. The number of rotatable bonds is 36. The standard InChI is InChI=1S/C46H62N12O20.C19H30N6O9.C8H6O4.CH4O2.CH2O2.CH4/c1-21(59)55-31-25(57-41(47)48)17-27(39(63)69-3)73-35(31)33(29-19-71-45(67)75-29)77-43(65)53-14-7-5-12-51-37(61)23-10-9-11-24(16-23)38(62)52-13-6-8-15-54-44(66)78-34(30-20-72-46(68)76-30)36-32(56-22(2)60)26(58-42(49)50)18-28(74-36)40(64)70-4;1-9(26)24-13-10(25-17(21)22)7-11(16(27)30-2)32-15(13)14(12-8-31-19(29)33-12)34-18(28)23-6-4-3-5-20;9-7(10)5-2-1-3-6(4-5)8(11)12;1-3-2;2-1-3;/h9-11,16-18,25-26,29-36H,5-8,12-15,19-20H2,1-4H3,(H,51,61)(H,52,62)(H,53,65)(H,54,66)(H,55,59)(H,56,60)(H4,47,48,57)(H4,49,50,58);7,10,12-15H,3-6,8,20H2,1-2H3,(H,23,28)(H,24,26)(H4,21,22,25);1-4H,(H,9,10)(H,11,12);2H,1H3;1H,(H,2,3);1H4/t25-,26-,29+,30+,31+,32+,33+,34+,35+,36+;10-,12+,13+,14+,15+;;;;/m00..../s1. The summed E-state index contributed by atoms with van der Waals surface area (Å²) in [6.45, 7) is 3.46. The number of benzene rings is 2. The SMILES string of the molecule is C.COC(=O)C1=C[C@H](N=C(N)N)[C@@H](NC(C)=O)[C@H]([C@H](OC(=O)NCCCCN)[C@H]2COC(=O)O2)O1.COC(=O)C1=C[C@H](N=C(N)N)[C@@H](NC(C)=O)[C@H]([C@H](OC(=O)NCCCCNC(=O)c2cccc(C(=O)NCCCCNC(=O)O[C@@H]([C@@H]3OC(C(=O)OC)=C[C@H](N=C(N)N)[C@H]3NC(C)=O)[C@H]3COC(=O)O3)c2)[C@H]2COC(=O)O2)O1.COO.O=C(O)c1cccc(C(=O)O)c1.O=CO. The fourth-order valence-electron chi connectivity index (χ4n) is 12.3. The number of amides is 8. The molecule has 0 aromatic heterocycles. The zero-order chi connectivity index (χ0) is 96.9. The number of ether oxygens (including phenoxy) is 15. The van der Waals surface area contributed by atoms with E-state index in [9.17, 15) is 76.7 Å². The largest absolute Gasteiger partial charge is 0.508 e. The Bertz CT molecular complexity index is 4290. The van der Waals surface area contributed by atoms with Crippen LogP contribution in [0.15, 0.2) is 99.0 Å². The number of carboxylic acid groups (broad SMARTS) is 3. The second-order valence-corrected chi connectivity index (χ2v) is 27.2. The number of cyclic esters (lactones) is 6. The molecule has 724 valence electrons. The highest BCUT2D eigenvalue weighted by molar-refractivity contribution is 6.00. The first-order valence-electron chi connectivity index (χ1n) is 38.8. The van der Waals surface area contributed by atoms with Crippen molar-refractivity contribution in [3.63, 3.8) is 0 Å². The average Bonchev–Trinajstić information content (AvgIpc) is 1.66. The molecule has 55 nitrogen and oxygen atoms in total. The van der Waals surface area contributed by atoms with Crippen molar-refractivity contribution >= 4 is 120 Å². The Morgan fingerprint density at radius 2 is 0.695 bits per heavy atom. The summed E-state index contributed by atoms with van der Waals surface area (Å²) < 4.78 is 78.8. The molecule has 8 rings (SSSR count). The number of carbonyl (C=O) groups excluding carboxylic acids is 14. The van der Waals surface area contributed by atoms with Gasteiger partial charge >= 0.3 is 66.6 Å². The number of aliphatic imine (C=N–C) groups is 3. The van der Waals surface area contributed by atoms with Gasteiger partial charge in [0.25, 0.3) is 18.3 Å². The van der Waals surface area contributed by atoms with Gasteiger partial charge in [0, 0.05) is 64.6 Å². The van der Waals surface area contributed by atoms with Gasteiger partial charge in [-0.25, -0.2) is 72.6 Å². The highest BCUT2D eigenvalue weighted by Gasteiger charge is 2.54. The van der Waals surface area contributed by atoms with Gasteiger partial charge in [-0.05, 0) is 99.7 Å². The number of esters is 3. The van der Waals surface area contributed by atoms with E-state index in [4.69, 9.17) is 137 Å². The Kier molecular flexibility index (Phi) is 47.4. The number of guanidine groups is 3. The molecule has 0 unspecified atom stereocenters. The lowest BCUT2D eigenvalue weighted by molar-refractivity contribution is -0.214. The molecular formula is C76H108N18O37. The number of aromatic carboxylic acids is 2. The molecule has 0 saturated carbocycles. The zero-order valence-corrected chi connectivity index (χ0v) is 70.8. The number of nitrogens with two attached hydrogens (primary N) is 7. The summed E-state index contributed by atoms with van der Waals surface area (Å²) in [5, 5.41) is 52.0. The first-order valence-corrected chi connectivity index (χ1v) is 38.8. The Labute approximate surface area is 745 Å². The summed E-state index contributed by atoms with van der Waals surface area (Å²) >= 11 is 0. The first kappa shape index (κ1) is 110. The Hall–Kier alpha value is -15.5. The van der Waals surface area contributed by atoms with Crippen molar-refractivity contribution in [1.29, 1.82) is 0 Å². The Balaban J connectivity index is 0.000000678. The number of carboxylic acids is 2. The van der Waals surface area contributed by atoms with E-state index in [1.165, 1.54) is 88.6 Å². The van der Waals surface area contributed by atoms with E-state index in [0.717, 1.165) is 27.4 Å². The van der Waals surface area contributed by atoms with Crippen LogP contribution in [0.5, 0.6) is 0 Å². The first-order chi connectivity index (χ1) is 61.8.